The summed E-state index contributed by atoms with van der Waals surface area (Å²) in [5.41, 5.74) is 3.35. The SMILES string of the molecule is C[C@H]1CCc2c(ccc3c2nc(CCn2ccccc2=O)n3CCNCC(=O)N2CCCC2)N1C(=O)O. The second-order valence-electron chi connectivity index (χ2n) is 9.90. The number of carboxylic acid groups (broad SMARTS) is 1. The summed E-state index contributed by atoms with van der Waals surface area (Å²) in [6.45, 7) is 5.61. The minimum absolute atomic E-state index is 0.0595. The second kappa shape index (κ2) is 10.8. The van der Waals surface area contributed by atoms with Crippen molar-refractivity contribution in [1.82, 2.24) is 24.3 Å². The number of benzene rings is 1. The van der Waals surface area contributed by atoms with Crippen LogP contribution in [-0.2, 0) is 30.7 Å². The van der Waals surface area contributed by atoms with Crippen LogP contribution in [-0.4, -0.2) is 68.3 Å². The molecule has 0 bridgehead atoms. The van der Waals surface area contributed by atoms with Gasteiger partial charge in [-0.15, -0.1) is 0 Å². The maximum Gasteiger partial charge on any atom is 0.412 e. The third-order valence-corrected chi connectivity index (χ3v) is 7.52. The molecule has 0 aliphatic carbocycles. The largest absolute Gasteiger partial charge is 0.465 e. The second-order valence-corrected chi connectivity index (χ2v) is 9.90. The number of likely N-dealkylation sites (tertiary alicyclic amines) is 1. The first-order chi connectivity index (χ1) is 17.9. The first-order valence-electron chi connectivity index (χ1n) is 13.1. The zero-order chi connectivity index (χ0) is 25.9. The fraction of sp³-hybridized carbons (Fsp3) is 0.481. The smallest absolute Gasteiger partial charge is 0.412 e. The van der Waals surface area contributed by atoms with Crippen molar-refractivity contribution >= 4 is 28.7 Å². The number of nitrogens with zero attached hydrogens (tertiary/aromatic N) is 5. The van der Waals surface area contributed by atoms with E-state index in [2.05, 4.69) is 9.88 Å². The molecule has 10 nitrogen and oxygen atoms in total. The predicted molar refractivity (Wildman–Crippen MR) is 141 cm³/mol. The molecule has 2 aliphatic rings. The van der Waals surface area contributed by atoms with Crippen molar-refractivity contribution in [3.63, 3.8) is 0 Å². The fourth-order valence-electron chi connectivity index (χ4n) is 5.54. The summed E-state index contributed by atoms with van der Waals surface area (Å²) < 4.78 is 3.81. The van der Waals surface area contributed by atoms with Crippen LogP contribution >= 0.6 is 0 Å². The molecule has 2 N–H and O–H groups in total. The number of hydrogen-bond acceptors (Lipinski definition) is 5. The highest BCUT2D eigenvalue weighted by Gasteiger charge is 2.30. The lowest BCUT2D eigenvalue weighted by molar-refractivity contribution is -0.129. The Balaban J connectivity index is 1.41. The lowest BCUT2D eigenvalue weighted by Crippen LogP contribution is -2.41. The Labute approximate surface area is 215 Å². The van der Waals surface area contributed by atoms with Crippen LogP contribution in [0.2, 0.25) is 0 Å². The molecule has 4 heterocycles. The van der Waals surface area contributed by atoms with Gasteiger partial charge in [-0.3, -0.25) is 14.5 Å². The van der Waals surface area contributed by atoms with Gasteiger partial charge in [0.25, 0.3) is 5.56 Å². The summed E-state index contributed by atoms with van der Waals surface area (Å²) in [5.74, 6) is 0.973. The van der Waals surface area contributed by atoms with Crippen LogP contribution in [0.1, 0.15) is 37.6 Å². The highest BCUT2D eigenvalue weighted by Crippen LogP contribution is 2.36. The van der Waals surface area contributed by atoms with Gasteiger partial charge >= 0.3 is 6.09 Å². The Bertz CT molecular complexity index is 1360. The summed E-state index contributed by atoms with van der Waals surface area (Å²) in [6.07, 6.45) is 5.01. The van der Waals surface area contributed by atoms with E-state index in [1.165, 1.54) is 4.90 Å². The summed E-state index contributed by atoms with van der Waals surface area (Å²) in [4.78, 5) is 45.0. The van der Waals surface area contributed by atoms with Crippen LogP contribution in [0.25, 0.3) is 11.0 Å². The van der Waals surface area contributed by atoms with Crippen molar-refractivity contribution in [1.29, 1.82) is 0 Å². The number of aromatic nitrogens is 3. The minimum atomic E-state index is -0.956. The zero-order valence-corrected chi connectivity index (χ0v) is 21.2. The molecular formula is C27H34N6O4. The highest BCUT2D eigenvalue weighted by atomic mass is 16.4. The third kappa shape index (κ3) is 5.11. The van der Waals surface area contributed by atoms with E-state index in [1.54, 1.807) is 22.9 Å². The van der Waals surface area contributed by atoms with Gasteiger partial charge in [-0.05, 0) is 50.8 Å². The van der Waals surface area contributed by atoms with E-state index in [0.29, 0.717) is 38.3 Å². The molecule has 2 amide bonds. The number of imidazole rings is 1. The summed E-state index contributed by atoms with van der Waals surface area (Å²) in [6, 6.07) is 8.85. The quantitative estimate of drug-likeness (QED) is 0.454. The van der Waals surface area contributed by atoms with Crippen molar-refractivity contribution in [3.05, 3.63) is 58.3 Å². The van der Waals surface area contributed by atoms with Gasteiger partial charge in [-0.25, -0.2) is 9.78 Å². The number of rotatable bonds is 8. The minimum Gasteiger partial charge on any atom is -0.465 e. The molecule has 2 aliphatic heterocycles. The Morgan fingerprint density at radius 3 is 2.70 bits per heavy atom. The molecule has 1 fully saturated rings. The van der Waals surface area contributed by atoms with E-state index >= 15 is 0 Å². The van der Waals surface area contributed by atoms with E-state index in [-0.39, 0.29) is 17.5 Å². The molecule has 5 rings (SSSR count). The van der Waals surface area contributed by atoms with Crippen molar-refractivity contribution in [3.8, 4) is 0 Å². The number of carbonyl (C=O) groups is 2. The summed E-state index contributed by atoms with van der Waals surface area (Å²) >= 11 is 0. The van der Waals surface area contributed by atoms with Gasteiger partial charge in [0, 0.05) is 63.0 Å². The monoisotopic (exact) mass is 506 g/mol. The third-order valence-electron chi connectivity index (χ3n) is 7.52. The van der Waals surface area contributed by atoms with Crippen LogP contribution in [0.4, 0.5) is 10.5 Å². The van der Waals surface area contributed by atoms with Gasteiger partial charge in [0.15, 0.2) is 0 Å². The molecule has 0 radical (unpaired) electrons. The maximum absolute atomic E-state index is 12.4. The van der Waals surface area contributed by atoms with Gasteiger partial charge in [0.1, 0.15) is 5.82 Å². The molecule has 1 atom stereocenters. The van der Waals surface area contributed by atoms with Crippen molar-refractivity contribution in [2.75, 3.05) is 31.1 Å². The number of carbonyl (C=O) groups excluding carboxylic acids is 1. The first-order valence-corrected chi connectivity index (χ1v) is 13.1. The summed E-state index contributed by atoms with van der Waals surface area (Å²) in [5, 5.41) is 13.1. The van der Waals surface area contributed by atoms with Crippen LogP contribution in [0.5, 0.6) is 0 Å². The standard InChI is InChI=1S/C27H34N6O4/c1-19-7-8-20-21(33(19)27(36)37)9-10-22-26(20)29-23(11-16-31-13-3-2-6-24(31)34)32(22)17-12-28-18-25(35)30-14-4-5-15-30/h2-3,6,9-10,13,19,28H,4-5,7-8,11-12,14-18H2,1H3,(H,36,37)/t19-/m0/s1. The number of aryl methyl sites for hydroxylation is 3. The molecule has 1 saturated heterocycles. The number of pyridine rings is 1. The van der Waals surface area contributed by atoms with E-state index in [4.69, 9.17) is 4.98 Å². The van der Waals surface area contributed by atoms with Gasteiger partial charge in [-0.1, -0.05) is 6.07 Å². The van der Waals surface area contributed by atoms with Crippen LogP contribution in [0.3, 0.4) is 0 Å². The number of nitrogens with one attached hydrogen (secondary N) is 1. The topological polar surface area (TPSA) is 113 Å². The predicted octanol–water partition coefficient (Wildman–Crippen LogP) is 2.47. The molecule has 3 aromatic rings. The van der Waals surface area contributed by atoms with Gasteiger partial charge in [0.2, 0.25) is 5.91 Å². The molecule has 0 saturated carbocycles. The first kappa shape index (κ1) is 25.0. The molecule has 0 spiro atoms. The van der Waals surface area contributed by atoms with Gasteiger partial charge < -0.3 is 24.5 Å². The molecule has 37 heavy (non-hydrogen) atoms. The van der Waals surface area contributed by atoms with Gasteiger partial charge in [0.05, 0.1) is 23.3 Å². The molecule has 196 valence electrons. The van der Waals surface area contributed by atoms with Crippen molar-refractivity contribution < 1.29 is 14.7 Å². The number of fused-ring (bicyclic) bond motifs is 3. The lowest BCUT2D eigenvalue weighted by atomic mass is 9.96. The molecule has 2 aromatic heterocycles. The molecule has 10 heteroatoms. The van der Waals surface area contributed by atoms with Crippen LogP contribution in [0, 0.1) is 0 Å². The van der Waals surface area contributed by atoms with E-state index in [9.17, 15) is 19.5 Å². The molecule has 0 unspecified atom stereocenters. The number of amides is 2. The molecule has 1 aromatic carbocycles. The van der Waals surface area contributed by atoms with E-state index in [1.807, 2.05) is 30.0 Å². The van der Waals surface area contributed by atoms with Crippen molar-refractivity contribution in [2.45, 2.75) is 58.2 Å². The average molecular weight is 507 g/mol. The highest BCUT2D eigenvalue weighted by molar-refractivity contribution is 5.94. The fourth-order valence-corrected chi connectivity index (χ4v) is 5.54. The van der Waals surface area contributed by atoms with Crippen LogP contribution < -0.4 is 15.8 Å². The zero-order valence-electron chi connectivity index (χ0n) is 21.2. The van der Waals surface area contributed by atoms with E-state index < -0.39 is 6.09 Å². The summed E-state index contributed by atoms with van der Waals surface area (Å²) in [7, 11) is 0. The number of hydrogen-bond donors (Lipinski definition) is 2. The maximum atomic E-state index is 12.4. The Kier molecular flexibility index (Phi) is 7.27. The lowest BCUT2D eigenvalue weighted by Gasteiger charge is -2.33. The number of anilines is 1. The normalized spacial score (nSPS) is 17.4. The van der Waals surface area contributed by atoms with E-state index in [0.717, 1.165) is 61.2 Å². The molecular weight excluding hydrogens is 472 g/mol. The Morgan fingerprint density at radius 1 is 1.14 bits per heavy atom. The Morgan fingerprint density at radius 2 is 1.95 bits per heavy atom. The van der Waals surface area contributed by atoms with Gasteiger partial charge in [-0.2, -0.15) is 0 Å². The van der Waals surface area contributed by atoms with Crippen LogP contribution in [0.15, 0.2) is 41.3 Å². The average Bonchev–Trinajstić information content (AvgIpc) is 3.54. The Hall–Kier alpha value is -3.66. The van der Waals surface area contributed by atoms with Crippen molar-refractivity contribution in [2.24, 2.45) is 0 Å².